The van der Waals surface area contributed by atoms with Gasteiger partial charge in [-0.3, -0.25) is 7.91 Å². The van der Waals surface area contributed by atoms with E-state index in [9.17, 15) is 4.79 Å². The van der Waals surface area contributed by atoms with Crippen LogP contribution in [-0.2, 0) is 4.79 Å². The number of amides is 1. The molecule has 1 aliphatic carbocycles. The molecule has 2 aliphatic rings. The summed E-state index contributed by atoms with van der Waals surface area (Å²) >= 11 is 2.22. The zero-order valence-electron chi connectivity index (χ0n) is 9.42. The first kappa shape index (κ1) is 11.7. The molecule has 3 atom stereocenters. The Morgan fingerprint density at radius 1 is 1.20 bits per heavy atom. The summed E-state index contributed by atoms with van der Waals surface area (Å²) < 4.78 is 1.98. The van der Waals surface area contributed by atoms with E-state index in [1.807, 2.05) is 3.11 Å². The van der Waals surface area contributed by atoms with Crippen LogP contribution < -0.4 is 0 Å². The minimum Gasteiger partial charge on any atom is -0.282 e. The highest BCUT2D eigenvalue weighted by Gasteiger charge is 2.38. The van der Waals surface area contributed by atoms with Crippen molar-refractivity contribution in [3.05, 3.63) is 0 Å². The minimum absolute atomic E-state index is 0.360. The molecule has 1 heterocycles. The summed E-state index contributed by atoms with van der Waals surface area (Å²) in [6.45, 7) is 2.37. The molecule has 0 radical (unpaired) electrons. The highest BCUT2D eigenvalue weighted by molar-refractivity contribution is 14.1. The molecule has 2 rings (SSSR count). The van der Waals surface area contributed by atoms with Crippen molar-refractivity contribution < 1.29 is 4.79 Å². The van der Waals surface area contributed by atoms with E-state index in [-0.39, 0.29) is 0 Å². The van der Waals surface area contributed by atoms with E-state index in [1.165, 1.54) is 38.5 Å². The molecule has 0 bridgehead atoms. The van der Waals surface area contributed by atoms with Gasteiger partial charge in [0.15, 0.2) is 0 Å². The van der Waals surface area contributed by atoms with Gasteiger partial charge in [-0.1, -0.05) is 32.6 Å². The molecule has 2 fully saturated rings. The maximum atomic E-state index is 11.6. The number of carbonyl (C=O) groups is 1. The average Bonchev–Trinajstić information content (AvgIpc) is 2.49. The van der Waals surface area contributed by atoms with Gasteiger partial charge in [0.05, 0.1) is 22.9 Å². The molecule has 0 N–H and O–H groups in total. The predicted molar refractivity (Wildman–Crippen MR) is 69.6 cm³/mol. The maximum absolute atomic E-state index is 11.6. The Morgan fingerprint density at radius 2 is 1.87 bits per heavy atom. The zero-order valence-corrected chi connectivity index (χ0v) is 11.6. The summed E-state index contributed by atoms with van der Waals surface area (Å²) in [6, 6.07) is 0.545. The van der Waals surface area contributed by atoms with Gasteiger partial charge in [-0.05, 0) is 24.7 Å². The molecule has 3 heteroatoms. The monoisotopic (exact) mass is 321 g/mol. The van der Waals surface area contributed by atoms with Crippen LogP contribution in [0.15, 0.2) is 0 Å². The number of fused-ring (bicyclic) bond motifs is 1. The lowest BCUT2D eigenvalue weighted by Crippen LogP contribution is -2.26. The van der Waals surface area contributed by atoms with Crippen LogP contribution in [0.2, 0.25) is 0 Å². The molecule has 2 nitrogen and oxygen atoms in total. The average molecular weight is 321 g/mol. The Balaban J connectivity index is 2.01. The largest absolute Gasteiger partial charge is 0.282 e. The predicted octanol–water partition coefficient (Wildman–Crippen LogP) is 3.54. The Kier molecular flexibility index (Phi) is 3.91. The molecule has 1 saturated carbocycles. The van der Waals surface area contributed by atoms with Crippen LogP contribution in [0.25, 0.3) is 0 Å². The van der Waals surface area contributed by atoms with Gasteiger partial charge in [0.2, 0.25) is 5.91 Å². The van der Waals surface area contributed by atoms with Crippen molar-refractivity contribution in [1.29, 1.82) is 0 Å². The fourth-order valence-corrected chi connectivity index (χ4v) is 3.94. The normalized spacial score (nSPS) is 38.1. The third-order valence-corrected chi connectivity index (χ3v) is 5.23. The maximum Gasteiger partial charge on any atom is 0.231 e. The van der Waals surface area contributed by atoms with Crippen molar-refractivity contribution in [2.24, 2.45) is 11.8 Å². The molecular formula is C12H20INO. The van der Waals surface area contributed by atoms with Gasteiger partial charge in [-0.25, -0.2) is 0 Å². The van der Waals surface area contributed by atoms with Gasteiger partial charge >= 0.3 is 0 Å². The van der Waals surface area contributed by atoms with E-state index in [2.05, 4.69) is 29.8 Å². The standard InChI is InChI=1S/C12H20INO/c1-9-4-2-6-10-8-12(15)14(13)11(10)7-3-5-9/h9-11H,2-8H2,1H3. The van der Waals surface area contributed by atoms with Crippen LogP contribution in [0.4, 0.5) is 0 Å². The van der Waals surface area contributed by atoms with Crippen molar-refractivity contribution in [2.75, 3.05) is 0 Å². The third kappa shape index (κ3) is 2.66. The first-order valence-corrected chi connectivity index (χ1v) is 7.13. The molecule has 0 aromatic rings. The van der Waals surface area contributed by atoms with Crippen LogP contribution in [0.5, 0.6) is 0 Å². The Morgan fingerprint density at radius 3 is 2.60 bits per heavy atom. The number of nitrogens with zero attached hydrogens (tertiary/aromatic N) is 1. The lowest BCUT2D eigenvalue weighted by Gasteiger charge is -2.22. The van der Waals surface area contributed by atoms with E-state index in [0.29, 0.717) is 17.9 Å². The number of hydrogen-bond acceptors (Lipinski definition) is 1. The molecule has 0 aromatic carbocycles. The highest BCUT2D eigenvalue weighted by Crippen LogP contribution is 2.37. The van der Waals surface area contributed by atoms with E-state index < -0.39 is 0 Å². The SMILES string of the molecule is CC1CCCC2CC(=O)N(I)C2CCC1. The number of hydrogen-bond donors (Lipinski definition) is 0. The molecule has 86 valence electrons. The molecule has 1 amide bonds. The quantitative estimate of drug-likeness (QED) is 0.494. The molecule has 0 aromatic heterocycles. The van der Waals surface area contributed by atoms with Crippen molar-refractivity contribution >= 4 is 28.8 Å². The van der Waals surface area contributed by atoms with Gasteiger partial charge in [-0.15, -0.1) is 0 Å². The Labute approximate surface area is 106 Å². The lowest BCUT2D eigenvalue weighted by atomic mass is 9.92. The summed E-state index contributed by atoms with van der Waals surface area (Å²) in [6.07, 6.45) is 8.63. The zero-order chi connectivity index (χ0) is 10.8. The molecule has 3 unspecified atom stereocenters. The second-order valence-corrected chi connectivity index (χ2v) is 6.24. The summed E-state index contributed by atoms with van der Waals surface area (Å²) in [4.78, 5) is 11.6. The van der Waals surface area contributed by atoms with Gasteiger partial charge in [-0.2, -0.15) is 0 Å². The third-order valence-electron chi connectivity index (χ3n) is 3.98. The molecule has 15 heavy (non-hydrogen) atoms. The molecule has 0 spiro atoms. The van der Waals surface area contributed by atoms with Crippen LogP contribution in [0.1, 0.15) is 51.9 Å². The first-order chi connectivity index (χ1) is 7.18. The van der Waals surface area contributed by atoms with Crippen LogP contribution in [0.3, 0.4) is 0 Å². The van der Waals surface area contributed by atoms with Crippen LogP contribution in [0, 0.1) is 11.8 Å². The van der Waals surface area contributed by atoms with Crippen molar-refractivity contribution in [1.82, 2.24) is 3.11 Å². The van der Waals surface area contributed by atoms with Gasteiger partial charge in [0.1, 0.15) is 0 Å². The van der Waals surface area contributed by atoms with Crippen LogP contribution in [-0.4, -0.2) is 15.1 Å². The van der Waals surface area contributed by atoms with Gasteiger partial charge in [0.25, 0.3) is 0 Å². The van der Waals surface area contributed by atoms with Crippen molar-refractivity contribution in [2.45, 2.75) is 57.9 Å². The lowest BCUT2D eigenvalue weighted by molar-refractivity contribution is -0.123. The van der Waals surface area contributed by atoms with Crippen molar-refractivity contribution in [3.8, 4) is 0 Å². The summed E-state index contributed by atoms with van der Waals surface area (Å²) in [5.74, 6) is 1.90. The smallest absolute Gasteiger partial charge is 0.231 e. The number of halogens is 1. The Hall–Kier alpha value is 0.200. The number of rotatable bonds is 0. The van der Waals surface area contributed by atoms with E-state index in [0.717, 1.165) is 12.3 Å². The molecule has 1 saturated heterocycles. The van der Waals surface area contributed by atoms with E-state index in [1.54, 1.807) is 0 Å². The summed E-state index contributed by atoms with van der Waals surface area (Å²) in [7, 11) is 0. The van der Waals surface area contributed by atoms with Gasteiger partial charge < -0.3 is 0 Å². The molecular weight excluding hydrogens is 301 g/mol. The second-order valence-electron chi connectivity index (χ2n) is 5.20. The first-order valence-electron chi connectivity index (χ1n) is 6.16. The topological polar surface area (TPSA) is 20.3 Å². The number of carbonyl (C=O) groups excluding carboxylic acids is 1. The van der Waals surface area contributed by atoms with Crippen LogP contribution >= 0.6 is 22.9 Å². The van der Waals surface area contributed by atoms with Gasteiger partial charge in [0, 0.05) is 12.5 Å². The minimum atomic E-state index is 0.360. The fourth-order valence-electron chi connectivity index (χ4n) is 3.01. The van der Waals surface area contributed by atoms with E-state index >= 15 is 0 Å². The van der Waals surface area contributed by atoms with Crippen molar-refractivity contribution in [3.63, 3.8) is 0 Å². The summed E-state index contributed by atoms with van der Waals surface area (Å²) in [5.41, 5.74) is 0. The Bertz CT molecular complexity index is 244. The van der Waals surface area contributed by atoms with E-state index in [4.69, 9.17) is 0 Å². The molecule has 1 aliphatic heterocycles. The second kappa shape index (κ2) is 5.02. The highest BCUT2D eigenvalue weighted by atomic mass is 127. The fraction of sp³-hybridized carbons (Fsp3) is 0.917. The summed E-state index contributed by atoms with van der Waals surface area (Å²) in [5, 5.41) is 0.